The Bertz CT molecular complexity index is 1060. The van der Waals surface area contributed by atoms with Crippen molar-refractivity contribution < 1.29 is 14.6 Å². The van der Waals surface area contributed by atoms with Crippen LogP contribution < -0.4 is 0 Å². The Morgan fingerprint density at radius 2 is 1.38 bits per heavy atom. The molecule has 11 atom stereocenters. The zero-order chi connectivity index (χ0) is 32.8. The molecular weight excluding hydrogens is 552 g/mol. The highest BCUT2D eigenvalue weighted by molar-refractivity contribution is 5.69. The lowest BCUT2D eigenvalue weighted by molar-refractivity contribution is -0.264. The Labute approximate surface area is 278 Å². The SMILES string of the molecule is C=C(C)[C@@H]1CC[C@@]2(C)[C@H]1[C@H]1CC[C@@H]3[C@@]4(C)CC[C@H](O)C(C)(C)[C@@H]4CC[C@@]3(C)[C@]1(C)C[C@@H]2OC(=O)CCCCCCCCCCC. The molecule has 0 saturated heterocycles. The van der Waals surface area contributed by atoms with E-state index in [4.69, 9.17) is 4.74 Å². The lowest BCUT2D eigenvalue weighted by Gasteiger charge is -2.73. The van der Waals surface area contributed by atoms with Crippen molar-refractivity contribution in [3.63, 3.8) is 0 Å². The Morgan fingerprint density at radius 3 is 2.02 bits per heavy atom. The van der Waals surface area contributed by atoms with Crippen LogP contribution in [-0.4, -0.2) is 23.3 Å². The van der Waals surface area contributed by atoms with Gasteiger partial charge in [-0.15, -0.1) is 0 Å². The van der Waals surface area contributed by atoms with Gasteiger partial charge in [-0.3, -0.25) is 4.79 Å². The lowest BCUT2D eigenvalue weighted by atomic mass is 9.32. The van der Waals surface area contributed by atoms with Crippen molar-refractivity contribution in [1.29, 1.82) is 0 Å². The minimum atomic E-state index is -0.188. The number of allylic oxidation sites excluding steroid dienone is 1. The Hall–Kier alpha value is -0.830. The van der Waals surface area contributed by atoms with Gasteiger partial charge in [-0.25, -0.2) is 0 Å². The number of aliphatic hydroxyl groups excluding tert-OH is 1. The van der Waals surface area contributed by atoms with Crippen molar-refractivity contribution in [3.8, 4) is 0 Å². The van der Waals surface area contributed by atoms with Crippen molar-refractivity contribution in [2.45, 2.75) is 190 Å². The number of hydrogen-bond acceptors (Lipinski definition) is 3. The summed E-state index contributed by atoms with van der Waals surface area (Å²) in [4.78, 5) is 13.6. The number of fused-ring (bicyclic) bond motifs is 7. The van der Waals surface area contributed by atoms with Crippen LogP contribution >= 0.6 is 0 Å². The number of hydrogen-bond donors (Lipinski definition) is 1. The molecule has 5 fully saturated rings. The van der Waals surface area contributed by atoms with Crippen LogP contribution in [0, 0.1) is 56.7 Å². The standard InChI is InChI=1S/C42H72O3/c1-10-11-12-13-14-15-16-17-18-19-36(44)45-35-28-42(9)31(37-30(29(2)3)22-25-40(35,37)7)20-21-33-39(6)26-24-34(43)38(4,5)32(39)23-27-41(33,42)8/h30-35,37,43H,2,10-28H2,1,3-9H3/t30-,31+,32-,33+,34-,35-,37+,39-,40+,41+,42+/m0/s1. The molecule has 0 unspecified atom stereocenters. The van der Waals surface area contributed by atoms with Gasteiger partial charge >= 0.3 is 5.97 Å². The zero-order valence-corrected chi connectivity index (χ0v) is 30.9. The Kier molecular flexibility index (Phi) is 10.4. The molecule has 0 aromatic rings. The molecular formula is C42H72O3. The fraction of sp³-hybridized carbons (Fsp3) is 0.929. The van der Waals surface area contributed by atoms with E-state index in [-0.39, 0.29) is 45.3 Å². The monoisotopic (exact) mass is 625 g/mol. The first kappa shape index (κ1) is 35.5. The number of rotatable bonds is 12. The molecule has 258 valence electrons. The molecule has 5 saturated carbocycles. The maximum Gasteiger partial charge on any atom is 0.306 e. The zero-order valence-electron chi connectivity index (χ0n) is 30.9. The highest BCUT2D eigenvalue weighted by Crippen LogP contribution is 2.77. The van der Waals surface area contributed by atoms with Crippen LogP contribution in [-0.2, 0) is 9.53 Å². The topological polar surface area (TPSA) is 46.5 Å². The minimum absolute atomic E-state index is 0.00453. The van der Waals surface area contributed by atoms with Crippen molar-refractivity contribution >= 4 is 5.97 Å². The third-order valence-electron chi connectivity index (χ3n) is 16.3. The van der Waals surface area contributed by atoms with Gasteiger partial charge in [0.05, 0.1) is 6.10 Å². The molecule has 0 amide bonds. The average Bonchev–Trinajstić information content (AvgIpc) is 3.34. The molecule has 45 heavy (non-hydrogen) atoms. The highest BCUT2D eigenvalue weighted by atomic mass is 16.5. The molecule has 5 aliphatic carbocycles. The van der Waals surface area contributed by atoms with Crippen molar-refractivity contribution in [2.75, 3.05) is 0 Å². The Balaban J connectivity index is 1.34. The van der Waals surface area contributed by atoms with E-state index in [0.717, 1.165) is 38.5 Å². The summed E-state index contributed by atoms with van der Waals surface area (Å²) in [5.41, 5.74) is 1.97. The van der Waals surface area contributed by atoms with E-state index in [0.29, 0.717) is 36.0 Å². The predicted molar refractivity (Wildman–Crippen MR) is 188 cm³/mol. The molecule has 5 rings (SSSR count). The van der Waals surface area contributed by atoms with Crippen molar-refractivity contribution in [1.82, 2.24) is 0 Å². The molecule has 3 nitrogen and oxygen atoms in total. The van der Waals surface area contributed by atoms with Crippen LogP contribution in [0.2, 0.25) is 0 Å². The van der Waals surface area contributed by atoms with Crippen LogP contribution in [0.15, 0.2) is 12.2 Å². The van der Waals surface area contributed by atoms with Gasteiger partial charge in [0.2, 0.25) is 0 Å². The van der Waals surface area contributed by atoms with E-state index < -0.39 is 0 Å². The first-order valence-electron chi connectivity index (χ1n) is 19.7. The fourth-order valence-corrected chi connectivity index (χ4v) is 13.5. The summed E-state index contributed by atoms with van der Waals surface area (Å²) in [5.74, 6) is 3.02. The number of unbranched alkanes of at least 4 members (excludes halogenated alkanes) is 8. The largest absolute Gasteiger partial charge is 0.462 e. The van der Waals surface area contributed by atoms with E-state index in [2.05, 4.69) is 62.0 Å². The van der Waals surface area contributed by atoms with Crippen LogP contribution in [0.4, 0.5) is 0 Å². The number of ether oxygens (including phenoxy) is 1. The second-order valence-corrected chi connectivity index (χ2v) is 18.8. The predicted octanol–water partition coefficient (Wildman–Crippen LogP) is 11.5. The summed E-state index contributed by atoms with van der Waals surface area (Å²) in [6, 6.07) is 0. The molecule has 1 N–H and O–H groups in total. The molecule has 5 aliphatic rings. The minimum Gasteiger partial charge on any atom is -0.462 e. The third kappa shape index (κ3) is 5.92. The van der Waals surface area contributed by atoms with Crippen molar-refractivity contribution in [3.05, 3.63) is 12.2 Å². The maximum atomic E-state index is 13.6. The van der Waals surface area contributed by atoms with E-state index >= 15 is 0 Å². The van der Waals surface area contributed by atoms with E-state index in [1.165, 1.54) is 82.6 Å². The summed E-state index contributed by atoms with van der Waals surface area (Å²) in [6.45, 7) is 24.2. The van der Waals surface area contributed by atoms with Gasteiger partial charge in [0, 0.05) is 11.8 Å². The van der Waals surface area contributed by atoms with Crippen LogP contribution in [0.3, 0.4) is 0 Å². The average molecular weight is 625 g/mol. The maximum absolute atomic E-state index is 13.6. The van der Waals surface area contributed by atoms with Crippen LogP contribution in [0.5, 0.6) is 0 Å². The highest BCUT2D eigenvalue weighted by Gasteiger charge is 2.72. The normalized spacial score (nSPS) is 45.1. The third-order valence-corrected chi connectivity index (χ3v) is 16.3. The molecule has 3 heteroatoms. The van der Waals surface area contributed by atoms with Crippen LogP contribution in [0.25, 0.3) is 0 Å². The first-order valence-corrected chi connectivity index (χ1v) is 19.7. The van der Waals surface area contributed by atoms with Gasteiger partial charge in [0.1, 0.15) is 6.10 Å². The van der Waals surface area contributed by atoms with Crippen molar-refractivity contribution in [2.24, 2.45) is 56.7 Å². The molecule has 0 radical (unpaired) electrons. The van der Waals surface area contributed by atoms with Gasteiger partial charge in [-0.05, 0) is 122 Å². The van der Waals surface area contributed by atoms with Gasteiger partial charge < -0.3 is 9.84 Å². The van der Waals surface area contributed by atoms with Gasteiger partial charge in [0.25, 0.3) is 0 Å². The van der Waals surface area contributed by atoms with Crippen LogP contribution in [0.1, 0.15) is 177 Å². The molecule has 0 heterocycles. The molecule has 0 bridgehead atoms. The van der Waals surface area contributed by atoms with Gasteiger partial charge in [-0.1, -0.05) is 112 Å². The summed E-state index contributed by atoms with van der Waals surface area (Å²) < 4.78 is 6.72. The first-order chi connectivity index (χ1) is 21.2. The number of esters is 1. The molecule has 0 aromatic carbocycles. The molecule has 0 aliphatic heterocycles. The molecule has 0 spiro atoms. The fourth-order valence-electron chi connectivity index (χ4n) is 13.5. The summed E-state index contributed by atoms with van der Waals surface area (Å²) in [6.07, 6.45) is 22.3. The number of aliphatic hydroxyl groups is 1. The Morgan fingerprint density at radius 1 is 0.756 bits per heavy atom. The van der Waals surface area contributed by atoms with E-state index in [9.17, 15) is 9.90 Å². The molecule has 0 aromatic heterocycles. The van der Waals surface area contributed by atoms with E-state index in [1.54, 1.807) is 0 Å². The summed E-state index contributed by atoms with van der Waals surface area (Å²) in [5, 5.41) is 11.1. The smallest absolute Gasteiger partial charge is 0.306 e. The van der Waals surface area contributed by atoms with Gasteiger partial charge in [-0.2, -0.15) is 0 Å². The quantitative estimate of drug-likeness (QED) is 0.133. The van der Waals surface area contributed by atoms with Gasteiger partial charge in [0.15, 0.2) is 0 Å². The second kappa shape index (κ2) is 13.2. The second-order valence-electron chi connectivity index (χ2n) is 18.8. The number of carbonyl (C=O) groups is 1. The number of carbonyl (C=O) groups excluding carboxylic acids is 1. The van der Waals surface area contributed by atoms with E-state index in [1.807, 2.05) is 0 Å². The summed E-state index contributed by atoms with van der Waals surface area (Å²) >= 11 is 0. The summed E-state index contributed by atoms with van der Waals surface area (Å²) in [7, 11) is 0. The lowest BCUT2D eigenvalue weighted by Crippen LogP contribution is -2.68.